The van der Waals surface area contributed by atoms with Crippen LogP contribution in [-0.2, 0) is 10.0 Å². The van der Waals surface area contributed by atoms with Crippen molar-refractivity contribution in [1.82, 2.24) is 0 Å². The molecule has 3 N–H and O–H groups in total. The zero-order valence-corrected chi connectivity index (χ0v) is 12.0. The maximum atomic E-state index is 13.6. The fourth-order valence-electron chi connectivity index (χ4n) is 1.46. The zero-order chi connectivity index (χ0) is 14.0. The number of benzene rings is 2. The molecule has 2 aromatic carbocycles. The lowest BCUT2D eigenvalue weighted by molar-refractivity contribution is 0.598. The molecule has 19 heavy (non-hydrogen) atoms. The van der Waals surface area contributed by atoms with Crippen LogP contribution in [0.4, 0.5) is 15.8 Å². The van der Waals surface area contributed by atoms with Crippen LogP contribution < -0.4 is 10.5 Å². The number of sulfonamides is 1. The topological polar surface area (TPSA) is 72.2 Å². The summed E-state index contributed by atoms with van der Waals surface area (Å²) >= 11 is 3.10. The Hall–Kier alpha value is -1.60. The third-order valence-electron chi connectivity index (χ3n) is 2.34. The van der Waals surface area contributed by atoms with Crippen LogP contribution in [0.2, 0.25) is 0 Å². The summed E-state index contributed by atoms with van der Waals surface area (Å²) in [6.45, 7) is 0. The lowest BCUT2D eigenvalue weighted by Gasteiger charge is -2.09. The highest BCUT2D eigenvalue weighted by atomic mass is 79.9. The first-order chi connectivity index (χ1) is 8.88. The molecule has 0 aliphatic rings. The molecule has 4 nitrogen and oxygen atoms in total. The number of nitrogens with two attached hydrogens (primary N) is 1. The standard InChI is InChI=1S/C12H10BrFN2O2S/c13-8-4-5-12(11(14)6-8)16-19(17,18)10-3-1-2-9(15)7-10/h1-7,16H,15H2. The van der Waals surface area contributed by atoms with Gasteiger partial charge in [-0.3, -0.25) is 4.72 Å². The second-order valence-corrected chi connectivity index (χ2v) is 6.40. The number of rotatable bonds is 3. The molecule has 2 aromatic rings. The third kappa shape index (κ3) is 3.24. The summed E-state index contributed by atoms with van der Waals surface area (Å²) in [4.78, 5) is -0.0187. The van der Waals surface area contributed by atoms with Crippen LogP contribution in [0.15, 0.2) is 51.8 Å². The van der Waals surface area contributed by atoms with Gasteiger partial charge in [0.05, 0.1) is 10.6 Å². The average molecular weight is 345 g/mol. The molecule has 0 unspecified atom stereocenters. The maximum absolute atomic E-state index is 13.6. The highest BCUT2D eigenvalue weighted by Gasteiger charge is 2.16. The van der Waals surface area contributed by atoms with Crippen molar-refractivity contribution in [3.05, 3.63) is 52.8 Å². The highest BCUT2D eigenvalue weighted by Crippen LogP contribution is 2.23. The van der Waals surface area contributed by atoms with Crippen molar-refractivity contribution in [3.8, 4) is 0 Å². The Morgan fingerprint density at radius 2 is 1.89 bits per heavy atom. The van der Waals surface area contributed by atoms with E-state index in [-0.39, 0.29) is 10.6 Å². The van der Waals surface area contributed by atoms with Gasteiger partial charge in [-0.05, 0) is 36.4 Å². The van der Waals surface area contributed by atoms with Crippen molar-refractivity contribution in [3.63, 3.8) is 0 Å². The fraction of sp³-hybridized carbons (Fsp3) is 0. The van der Waals surface area contributed by atoms with Gasteiger partial charge in [0, 0.05) is 10.2 Å². The van der Waals surface area contributed by atoms with Crippen molar-refractivity contribution in [1.29, 1.82) is 0 Å². The Bertz CT molecular complexity index is 719. The first-order valence-electron chi connectivity index (χ1n) is 5.22. The molecule has 7 heteroatoms. The summed E-state index contributed by atoms with van der Waals surface area (Å²) in [6, 6.07) is 9.83. The average Bonchev–Trinajstić information content (AvgIpc) is 2.33. The number of halogens is 2. The van der Waals surface area contributed by atoms with Gasteiger partial charge in [0.1, 0.15) is 5.82 Å². The molecule has 0 spiro atoms. The molecule has 0 saturated heterocycles. The summed E-state index contributed by atoms with van der Waals surface area (Å²) < 4.78 is 40.4. The monoisotopic (exact) mass is 344 g/mol. The molecule has 0 bridgehead atoms. The molecule has 0 aromatic heterocycles. The summed E-state index contributed by atoms with van der Waals surface area (Å²) in [5, 5.41) is 0. The number of hydrogen-bond donors (Lipinski definition) is 2. The lowest BCUT2D eigenvalue weighted by atomic mass is 10.3. The predicted octanol–water partition coefficient (Wildman–Crippen LogP) is 2.97. The normalized spacial score (nSPS) is 11.3. The molecule has 0 aliphatic heterocycles. The van der Waals surface area contributed by atoms with E-state index in [9.17, 15) is 12.8 Å². The van der Waals surface area contributed by atoms with Crippen LogP contribution in [-0.4, -0.2) is 8.42 Å². The van der Waals surface area contributed by atoms with Crippen LogP contribution in [0.1, 0.15) is 0 Å². The Morgan fingerprint density at radius 3 is 2.53 bits per heavy atom. The predicted molar refractivity (Wildman–Crippen MR) is 75.8 cm³/mol. The first kappa shape index (κ1) is 13.8. The van der Waals surface area contributed by atoms with Gasteiger partial charge in [-0.15, -0.1) is 0 Å². The van der Waals surface area contributed by atoms with Gasteiger partial charge in [-0.25, -0.2) is 12.8 Å². The van der Waals surface area contributed by atoms with Crippen molar-refractivity contribution in [2.75, 3.05) is 10.5 Å². The molecule has 0 radical (unpaired) electrons. The van der Waals surface area contributed by atoms with Gasteiger partial charge in [0.2, 0.25) is 0 Å². The number of nitrogens with one attached hydrogen (secondary N) is 1. The van der Waals surface area contributed by atoms with Crippen molar-refractivity contribution >= 4 is 37.3 Å². The van der Waals surface area contributed by atoms with Crippen LogP contribution in [0, 0.1) is 5.82 Å². The largest absolute Gasteiger partial charge is 0.399 e. The minimum absolute atomic E-state index is 0.0187. The quantitative estimate of drug-likeness (QED) is 0.840. The van der Waals surface area contributed by atoms with Crippen molar-refractivity contribution < 1.29 is 12.8 Å². The van der Waals surface area contributed by atoms with E-state index >= 15 is 0 Å². The molecule has 100 valence electrons. The van der Waals surface area contributed by atoms with E-state index in [1.54, 1.807) is 12.1 Å². The van der Waals surface area contributed by atoms with Crippen LogP contribution in [0.25, 0.3) is 0 Å². The molecule has 0 heterocycles. The van der Waals surface area contributed by atoms with Crippen LogP contribution in [0.5, 0.6) is 0 Å². The maximum Gasteiger partial charge on any atom is 0.262 e. The molecule has 0 aliphatic carbocycles. The lowest BCUT2D eigenvalue weighted by Crippen LogP contribution is -2.14. The van der Waals surface area contributed by atoms with Gasteiger partial charge in [-0.2, -0.15) is 0 Å². The number of nitrogen functional groups attached to an aromatic ring is 1. The van der Waals surface area contributed by atoms with Crippen molar-refractivity contribution in [2.45, 2.75) is 4.90 Å². The van der Waals surface area contributed by atoms with Gasteiger partial charge < -0.3 is 5.73 Å². The van der Waals surface area contributed by atoms with Gasteiger partial charge in [0.25, 0.3) is 10.0 Å². The molecule has 2 rings (SSSR count). The van der Waals surface area contributed by atoms with E-state index in [0.717, 1.165) is 0 Å². The first-order valence-corrected chi connectivity index (χ1v) is 7.49. The van der Waals surface area contributed by atoms with Crippen molar-refractivity contribution in [2.24, 2.45) is 0 Å². The highest BCUT2D eigenvalue weighted by molar-refractivity contribution is 9.10. The smallest absolute Gasteiger partial charge is 0.262 e. The minimum Gasteiger partial charge on any atom is -0.399 e. The van der Waals surface area contributed by atoms with Crippen LogP contribution in [0.3, 0.4) is 0 Å². The van der Waals surface area contributed by atoms with E-state index in [1.165, 1.54) is 30.3 Å². The Morgan fingerprint density at radius 1 is 1.16 bits per heavy atom. The van der Waals surface area contributed by atoms with E-state index in [1.807, 2.05) is 0 Å². The zero-order valence-electron chi connectivity index (χ0n) is 9.60. The Balaban J connectivity index is 2.36. The Labute approximate surface area is 118 Å². The SMILES string of the molecule is Nc1cccc(S(=O)(=O)Nc2ccc(Br)cc2F)c1. The number of hydrogen-bond acceptors (Lipinski definition) is 3. The fourth-order valence-corrected chi connectivity index (χ4v) is 2.91. The molecule has 0 amide bonds. The second-order valence-electron chi connectivity index (χ2n) is 3.80. The molecule has 0 saturated carbocycles. The van der Waals surface area contributed by atoms with E-state index in [4.69, 9.17) is 5.73 Å². The molecular weight excluding hydrogens is 335 g/mol. The minimum atomic E-state index is -3.86. The summed E-state index contributed by atoms with van der Waals surface area (Å²) in [7, 11) is -3.86. The molecule has 0 fully saturated rings. The summed E-state index contributed by atoms with van der Waals surface area (Å²) in [6.07, 6.45) is 0. The Kier molecular flexibility index (Phi) is 3.77. The van der Waals surface area contributed by atoms with E-state index < -0.39 is 15.8 Å². The second kappa shape index (κ2) is 5.18. The summed E-state index contributed by atoms with van der Waals surface area (Å²) in [5.41, 5.74) is 5.72. The van der Waals surface area contributed by atoms with E-state index in [0.29, 0.717) is 10.2 Å². The van der Waals surface area contributed by atoms with Gasteiger partial charge in [0.15, 0.2) is 0 Å². The van der Waals surface area contributed by atoms with E-state index in [2.05, 4.69) is 20.7 Å². The third-order valence-corrected chi connectivity index (χ3v) is 4.20. The number of anilines is 2. The molecular formula is C12H10BrFN2O2S. The summed E-state index contributed by atoms with van der Waals surface area (Å²) in [5.74, 6) is -0.665. The van der Waals surface area contributed by atoms with Gasteiger partial charge >= 0.3 is 0 Å². The van der Waals surface area contributed by atoms with Gasteiger partial charge in [-0.1, -0.05) is 22.0 Å². The molecule has 0 atom stereocenters. The van der Waals surface area contributed by atoms with Crippen LogP contribution >= 0.6 is 15.9 Å².